The Morgan fingerprint density at radius 2 is 2.00 bits per heavy atom. The van der Waals surface area contributed by atoms with E-state index < -0.39 is 11.0 Å². The van der Waals surface area contributed by atoms with Crippen LogP contribution in [-0.4, -0.2) is 14.7 Å². The Morgan fingerprint density at radius 3 is 2.65 bits per heavy atom. The maximum atomic E-state index is 12.0. The van der Waals surface area contributed by atoms with E-state index in [1.807, 2.05) is 39.0 Å². The average molecular weight is 250 g/mol. The third-order valence-corrected chi connectivity index (χ3v) is 4.29. The molecule has 4 heteroatoms. The largest absolute Gasteiger partial charge is 0.398 e. The maximum absolute atomic E-state index is 12.0. The topological polar surface area (TPSA) is 55.5 Å². The summed E-state index contributed by atoms with van der Waals surface area (Å²) < 4.78 is 16.1. The number of hydrogen-bond acceptors (Lipinski definition) is 2. The number of fused-ring (bicyclic) bond motifs is 1. The number of nitrogens with two attached hydrogens (primary N) is 1. The van der Waals surface area contributed by atoms with E-state index in [-0.39, 0.29) is 4.75 Å². The van der Waals surface area contributed by atoms with Crippen molar-refractivity contribution in [1.82, 2.24) is 0 Å². The van der Waals surface area contributed by atoms with Gasteiger partial charge in [-0.15, -0.1) is 0 Å². The summed E-state index contributed by atoms with van der Waals surface area (Å²) in [5, 5.41) is 0. The number of rotatable bonds is 1. The molecule has 0 aromatic heterocycles. The molecule has 1 atom stereocenters. The minimum absolute atomic E-state index is 0.309. The zero-order valence-electron chi connectivity index (χ0n) is 10.5. The fraction of sp³-hybridized carbons (Fsp3) is 0.462. The summed E-state index contributed by atoms with van der Waals surface area (Å²) in [6, 6.07) is 5.84. The van der Waals surface area contributed by atoms with Crippen molar-refractivity contribution in [3.8, 4) is 0 Å². The van der Waals surface area contributed by atoms with Crippen molar-refractivity contribution in [2.24, 2.45) is 4.40 Å². The van der Waals surface area contributed by atoms with Gasteiger partial charge in [-0.1, -0.05) is 12.1 Å². The van der Waals surface area contributed by atoms with Crippen molar-refractivity contribution < 1.29 is 4.21 Å². The number of nitrogen functional groups attached to an aromatic ring is 1. The van der Waals surface area contributed by atoms with Gasteiger partial charge in [0.2, 0.25) is 0 Å². The van der Waals surface area contributed by atoms with E-state index >= 15 is 0 Å². The molecule has 0 bridgehead atoms. The van der Waals surface area contributed by atoms with Gasteiger partial charge in [-0.05, 0) is 45.2 Å². The molecule has 0 amide bonds. The summed E-state index contributed by atoms with van der Waals surface area (Å²) >= 11 is 0. The van der Waals surface area contributed by atoms with Crippen LogP contribution in [0, 0.1) is 0 Å². The minimum Gasteiger partial charge on any atom is -0.398 e. The second-order valence-corrected chi connectivity index (χ2v) is 7.18. The first-order valence-corrected chi connectivity index (χ1v) is 6.87. The lowest BCUT2D eigenvalue weighted by molar-refractivity contribution is 0.650. The van der Waals surface area contributed by atoms with Gasteiger partial charge in [0.15, 0.2) is 0 Å². The molecule has 1 aliphatic carbocycles. The Morgan fingerprint density at radius 1 is 1.29 bits per heavy atom. The van der Waals surface area contributed by atoms with Gasteiger partial charge in [0.25, 0.3) is 0 Å². The second-order valence-electron chi connectivity index (χ2n) is 5.27. The first-order valence-electron chi connectivity index (χ1n) is 5.77. The van der Waals surface area contributed by atoms with Gasteiger partial charge in [-0.25, -0.2) is 4.21 Å². The molecule has 92 valence electrons. The van der Waals surface area contributed by atoms with Gasteiger partial charge in [0.05, 0.1) is 10.5 Å². The highest BCUT2D eigenvalue weighted by molar-refractivity contribution is 7.85. The molecule has 0 radical (unpaired) electrons. The first kappa shape index (κ1) is 12.3. The van der Waals surface area contributed by atoms with Crippen molar-refractivity contribution in [3.05, 3.63) is 29.3 Å². The van der Waals surface area contributed by atoms with Crippen molar-refractivity contribution in [2.75, 3.05) is 5.73 Å². The summed E-state index contributed by atoms with van der Waals surface area (Å²) in [7, 11) is -1.19. The molecule has 0 saturated heterocycles. The lowest BCUT2D eigenvalue weighted by Crippen LogP contribution is -2.20. The standard InChI is InChI=1S/C13H18N2OS/c1-13(2,3)17(16)15-12-8-7-9-10(12)5-4-6-11(9)14/h4-6H,7-8,14H2,1-3H3/t17-/m1/s1. The molecule has 0 fully saturated rings. The summed E-state index contributed by atoms with van der Waals surface area (Å²) in [5.41, 5.74) is 9.89. The van der Waals surface area contributed by atoms with Gasteiger partial charge in [0, 0.05) is 11.3 Å². The molecule has 2 N–H and O–H groups in total. The zero-order chi connectivity index (χ0) is 12.6. The van der Waals surface area contributed by atoms with E-state index in [0.717, 1.165) is 35.4 Å². The van der Waals surface area contributed by atoms with Crippen molar-refractivity contribution >= 4 is 22.4 Å². The highest BCUT2D eigenvalue weighted by Crippen LogP contribution is 2.28. The Kier molecular flexibility index (Phi) is 3.08. The first-order chi connectivity index (χ1) is 7.89. The van der Waals surface area contributed by atoms with Crippen LogP contribution in [0.4, 0.5) is 5.69 Å². The molecular weight excluding hydrogens is 232 g/mol. The number of hydrogen-bond donors (Lipinski definition) is 1. The number of nitrogens with zero attached hydrogens (tertiary/aromatic N) is 1. The number of anilines is 1. The molecule has 3 nitrogen and oxygen atoms in total. The van der Waals surface area contributed by atoms with E-state index in [9.17, 15) is 4.21 Å². The highest BCUT2D eigenvalue weighted by Gasteiger charge is 2.24. The van der Waals surface area contributed by atoms with E-state index in [1.165, 1.54) is 0 Å². The quantitative estimate of drug-likeness (QED) is 0.778. The predicted octanol–water partition coefficient (Wildman–Crippen LogP) is 2.47. The van der Waals surface area contributed by atoms with Crippen LogP contribution in [0.15, 0.2) is 22.6 Å². The van der Waals surface area contributed by atoms with Gasteiger partial charge in [-0.3, -0.25) is 0 Å². The van der Waals surface area contributed by atoms with Crippen LogP contribution < -0.4 is 5.73 Å². The molecule has 17 heavy (non-hydrogen) atoms. The van der Waals surface area contributed by atoms with Crippen LogP contribution in [0.3, 0.4) is 0 Å². The summed E-state index contributed by atoms with van der Waals surface area (Å²) in [4.78, 5) is 0. The van der Waals surface area contributed by atoms with E-state index in [2.05, 4.69) is 4.40 Å². The fourth-order valence-corrected chi connectivity index (χ4v) is 2.53. The summed E-state index contributed by atoms with van der Waals surface area (Å²) in [6.07, 6.45) is 1.74. The van der Waals surface area contributed by atoms with Gasteiger partial charge in [0.1, 0.15) is 11.0 Å². The fourth-order valence-electron chi connectivity index (χ4n) is 1.86. The molecule has 0 aliphatic heterocycles. The normalized spacial score (nSPS) is 19.4. The molecule has 0 spiro atoms. The third-order valence-electron chi connectivity index (χ3n) is 2.85. The van der Waals surface area contributed by atoms with Crippen LogP contribution in [0.5, 0.6) is 0 Å². The molecule has 1 aromatic rings. The van der Waals surface area contributed by atoms with Crippen molar-refractivity contribution in [2.45, 2.75) is 38.4 Å². The summed E-state index contributed by atoms with van der Waals surface area (Å²) in [5.74, 6) is 0. The summed E-state index contributed by atoms with van der Waals surface area (Å²) in [6.45, 7) is 5.80. The van der Waals surface area contributed by atoms with Crippen molar-refractivity contribution in [3.63, 3.8) is 0 Å². The third kappa shape index (κ3) is 2.41. The van der Waals surface area contributed by atoms with Crippen LogP contribution in [-0.2, 0) is 17.4 Å². The molecule has 0 unspecified atom stereocenters. The lowest BCUT2D eigenvalue weighted by Gasteiger charge is -2.14. The average Bonchev–Trinajstić information content (AvgIpc) is 2.62. The van der Waals surface area contributed by atoms with E-state index in [4.69, 9.17) is 5.73 Å². The SMILES string of the molecule is CC(C)(C)[S@@](=O)N=C1CCc2c(N)cccc21. The van der Waals surface area contributed by atoms with Crippen LogP contribution in [0.25, 0.3) is 0 Å². The Labute approximate surface area is 105 Å². The molecule has 0 saturated carbocycles. The van der Waals surface area contributed by atoms with Crippen molar-refractivity contribution in [1.29, 1.82) is 0 Å². The van der Waals surface area contributed by atoms with E-state index in [0.29, 0.717) is 0 Å². The van der Waals surface area contributed by atoms with Crippen LogP contribution in [0.2, 0.25) is 0 Å². The van der Waals surface area contributed by atoms with Gasteiger partial charge >= 0.3 is 0 Å². The minimum atomic E-state index is -1.19. The molecule has 2 rings (SSSR count). The second kappa shape index (κ2) is 4.26. The Bertz CT molecular complexity index is 501. The van der Waals surface area contributed by atoms with Gasteiger partial charge < -0.3 is 5.73 Å². The molecule has 0 heterocycles. The highest BCUT2D eigenvalue weighted by atomic mass is 32.2. The smallest absolute Gasteiger partial charge is 0.145 e. The van der Waals surface area contributed by atoms with Crippen LogP contribution >= 0.6 is 0 Å². The number of benzene rings is 1. The molecule has 1 aromatic carbocycles. The zero-order valence-corrected chi connectivity index (χ0v) is 11.3. The predicted molar refractivity (Wildman–Crippen MR) is 73.6 cm³/mol. The Balaban J connectivity index is 2.38. The molecular formula is C13H18N2OS. The Hall–Kier alpha value is -1.16. The maximum Gasteiger partial charge on any atom is 0.145 e. The van der Waals surface area contributed by atoms with Gasteiger partial charge in [-0.2, -0.15) is 4.40 Å². The molecule has 1 aliphatic rings. The van der Waals surface area contributed by atoms with Crippen LogP contribution in [0.1, 0.15) is 38.3 Å². The van der Waals surface area contributed by atoms with E-state index in [1.54, 1.807) is 0 Å². The monoisotopic (exact) mass is 250 g/mol. The lowest BCUT2D eigenvalue weighted by atomic mass is 10.1.